The summed E-state index contributed by atoms with van der Waals surface area (Å²) >= 11 is 0. The van der Waals surface area contributed by atoms with Gasteiger partial charge in [0.2, 0.25) is 0 Å². The molecular formula is C18H17FO2. The summed E-state index contributed by atoms with van der Waals surface area (Å²) in [5, 5.41) is 0. The third kappa shape index (κ3) is 4.28. The van der Waals surface area contributed by atoms with E-state index in [0.717, 1.165) is 11.3 Å². The lowest BCUT2D eigenvalue weighted by molar-refractivity contribution is 0.104. The molecule has 2 nitrogen and oxygen atoms in total. The molecule has 0 amide bonds. The maximum Gasteiger partial charge on any atom is 0.185 e. The van der Waals surface area contributed by atoms with E-state index in [1.54, 1.807) is 12.1 Å². The summed E-state index contributed by atoms with van der Waals surface area (Å²) < 4.78 is 18.8. The van der Waals surface area contributed by atoms with Crippen LogP contribution >= 0.6 is 0 Å². The van der Waals surface area contributed by atoms with Crippen LogP contribution < -0.4 is 4.74 Å². The average molecular weight is 284 g/mol. The van der Waals surface area contributed by atoms with E-state index in [0.29, 0.717) is 5.56 Å². The molecule has 2 rings (SSSR count). The fourth-order valence-corrected chi connectivity index (χ4v) is 1.88. The van der Waals surface area contributed by atoms with Crippen LogP contribution in [0, 0.1) is 5.82 Å². The molecule has 0 aliphatic rings. The number of hydrogen-bond donors (Lipinski definition) is 0. The summed E-state index contributed by atoms with van der Waals surface area (Å²) in [5.41, 5.74) is 1.14. The van der Waals surface area contributed by atoms with Gasteiger partial charge in [0.25, 0.3) is 0 Å². The molecule has 0 saturated heterocycles. The molecule has 3 heteroatoms. The first-order valence-electron chi connectivity index (χ1n) is 6.80. The largest absolute Gasteiger partial charge is 0.490 e. The van der Waals surface area contributed by atoms with E-state index >= 15 is 0 Å². The van der Waals surface area contributed by atoms with E-state index in [1.165, 1.54) is 24.3 Å². The minimum absolute atomic E-state index is 0.0541. The molecule has 0 aromatic heterocycles. The van der Waals surface area contributed by atoms with Gasteiger partial charge in [-0.1, -0.05) is 30.3 Å². The molecule has 0 aliphatic heterocycles. The van der Waals surface area contributed by atoms with Crippen molar-refractivity contribution in [1.82, 2.24) is 0 Å². The van der Waals surface area contributed by atoms with Gasteiger partial charge in [-0.15, -0.1) is 0 Å². The highest BCUT2D eigenvalue weighted by Gasteiger charge is 2.05. The van der Waals surface area contributed by atoms with Crippen LogP contribution in [0.25, 0.3) is 6.08 Å². The second-order valence-electron chi connectivity index (χ2n) is 4.91. The predicted octanol–water partition coefficient (Wildman–Crippen LogP) is 4.51. The van der Waals surface area contributed by atoms with Crippen molar-refractivity contribution in [1.29, 1.82) is 0 Å². The third-order valence-corrected chi connectivity index (χ3v) is 2.81. The molecule has 0 fully saturated rings. The van der Waals surface area contributed by atoms with Gasteiger partial charge in [0, 0.05) is 11.1 Å². The molecule has 0 aliphatic carbocycles. The number of allylic oxidation sites excluding steroid dienone is 1. The summed E-state index contributed by atoms with van der Waals surface area (Å²) in [5.74, 6) is 0.0578. The van der Waals surface area contributed by atoms with E-state index in [4.69, 9.17) is 4.74 Å². The Balaban J connectivity index is 2.19. The van der Waals surface area contributed by atoms with Crippen molar-refractivity contribution < 1.29 is 13.9 Å². The molecular weight excluding hydrogens is 267 g/mol. The van der Waals surface area contributed by atoms with Crippen LogP contribution in [0.15, 0.2) is 54.6 Å². The number of carbonyl (C=O) groups is 1. The van der Waals surface area contributed by atoms with Crippen molar-refractivity contribution in [2.24, 2.45) is 0 Å². The van der Waals surface area contributed by atoms with Crippen LogP contribution in [0.4, 0.5) is 4.39 Å². The van der Waals surface area contributed by atoms with E-state index in [2.05, 4.69) is 0 Å². The topological polar surface area (TPSA) is 26.3 Å². The van der Waals surface area contributed by atoms with E-state index in [-0.39, 0.29) is 11.9 Å². The third-order valence-electron chi connectivity index (χ3n) is 2.81. The molecule has 0 saturated carbocycles. The highest BCUT2D eigenvalue weighted by molar-refractivity contribution is 6.06. The average Bonchev–Trinajstić information content (AvgIpc) is 2.45. The second-order valence-corrected chi connectivity index (χ2v) is 4.91. The zero-order chi connectivity index (χ0) is 15.2. The molecule has 108 valence electrons. The molecule has 0 heterocycles. The SMILES string of the molecule is CC(C)Oc1ccccc1/C=C/C(=O)c1cccc(F)c1. The zero-order valence-electron chi connectivity index (χ0n) is 12.0. The predicted molar refractivity (Wildman–Crippen MR) is 82.0 cm³/mol. The molecule has 0 atom stereocenters. The van der Waals surface area contributed by atoms with E-state index in [9.17, 15) is 9.18 Å². The minimum Gasteiger partial charge on any atom is -0.490 e. The Morgan fingerprint density at radius 2 is 1.90 bits per heavy atom. The molecule has 0 unspecified atom stereocenters. The quantitative estimate of drug-likeness (QED) is 0.596. The standard InChI is InChI=1S/C18H17FO2/c1-13(2)21-18-9-4-3-6-14(18)10-11-17(20)15-7-5-8-16(19)12-15/h3-13H,1-2H3/b11-10+. The summed E-state index contributed by atoms with van der Waals surface area (Å²) in [6.45, 7) is 3.89. The number of rotatable bonds is 5. The van der Waals surface area contributed by atoms with Crippen molar-refractivity contribution in [3.05, 3.63) is 71.6 Å². The molecule has 21 heavy (non-hydrogen) atoms. The van der Waals surface area contributed by atoms with E-state index < -0.39 is 5.82 Å². The smallest absolute Gasteiger partial charge is 0.185 e. The van der Waals surface area contributed by atoms with Crippen molar-refractivity contribution in [3.8, 4) is 5.75 Å². The van der Waals surface area contributed by atoms with E-state index in [1.807, 2.05) is 38.1 Å². The van der Waals surface area contributed by atoms with Crippen molar-refractivity contribution >= 4 is 11.9 Å². The van der Waals surface area contributed by atoms with Gasteiger partial charge in [-0.2, -0.15) is 0 Å². The Morgan fingerprint density at radius 1 is 1.14 bits per heavy atom. The van der Waals surface area contributed by atoms with Gasteiger partial charge in [-0.3, -0.25) is 4.79 Å². The van der Waals surface area contributed by atoms with Crippen LogP contribution in [0.5, 0.6) is 5.75 Å². The fraction of sp³-hybridized carbons (Fsp3) is 0.167. The summed E-state index contributed by atoms with van der Waals surface area (Å²) in [6, 6.07) is 13.1. The lowest BCUT2D eigenvalue weighted by atomic mass is 10.1. The number of hydrogen-bond acceptors (Lipinski definition) is 2. The number of carbonyl (C=O) groups excluding carboxylic acids is 1. The number of ketones is 1. The Labute approximate surface area is 123 Å². The first-order valence-corrected chi connectivity index (χ1v) is 6.80. The van der Waals surface area contributed by atoms with Crippen molar-refractivity contribution in [2.75, 3.05) is 0 Å². The fourth-order valence-electron chi connectivity index (χ4n) is 1.88. The van der Waals surface area contributed by atoms with Crippen molar-refractivity contribution in [2.45, 2.75) is 20.0 Å². The molecule has 2 aromatic carbocycles. The Hall–Kier alpha value is -2.42. The van der Waals surface area contributed by atoms with Gasteiger partial charge in [0.15, 0.2) is 5.78 Å². The maximum absolute atomic E-state index is 13.1. The highest BCUT2D eigenvalue weighted by atomic mass is 19.1. The lowest BCUT2D eigenvalue weighted by Gasteiger charge is -2.11. The lowest BCUT2D eigenvalue weighted by Crippen LogP contribution is -2.06. The normalized spacial score (nSPS) is 11.0. The van der Waals surface area contributed by atoms with Gasteiger partial charge in [-0.05, 0) is 44.2 Å². The molecule has 2 aromatic rings. The summed E-state index contributed by atoms with van der Waals surface area (Å²) in [6.07, 6.45) is 3.17. The van der Waals surface area contributed by atoms with Gasteiger partial charge < -0.3 is 4.74 Å². The minimum atomic E-state index is -0.419. The van der Waals surface area contributed by atoms with Gasteiger partial charge in [-0.25, -0.2) is 4.39 Å². The summed E-state index contributed by atoms with van der Waals surface area (Å²) in [7, 11) is 0. The number of ether oxygens (including phenoxy) is 1. The number of halogens is 1. The Kier molecular flexibility index (Phi) is 4.88. The zero-order valence-corrected chi connectivity index (χ0v) is 12.0. The van der Waals surface area contributed by atoms with Gasteiger partial charge >= 0.3 is 0 Å². The van der Waals surface area contributed by atoms with Gasteiger partial charge in [0.05, 0.1) is 6.10 Å². The number of para-hydroxylation sites is 1. The molecule has 0 spiro atoms. The van der Waals surface area contributed by atoms with Crippen molar-refractivity contribution in [3.63, 3.8) is 0 Å². The Morgan fingerprint density at radius 3 is 2.62 bits per heavy atom. The van der Waals surface area contributed by atoms with Crippen LogP contribution in [-0.2, 0) is 0 Å². The molecule has 0 N–H and O–H groups in total. The highest BCUT2D eigenvalue weighted by Crippen LogP contribution is 2.21. The first-order chi connectivity index (χ1) is 10.1. The molecule has 0 bridgehead atoms. The van der Waals surface area contributed by atoms with Crippen LogP contribution in [-0.4, -0.2) is 11.9 Å². The van der Waals surface area contributed by atoms with Gasteiger partial charge in [0.1, 0.15) is 11.6 Å². The van der Waals surface area contributed by atoms with Crippen LogP contribution in [0.2, 0.25) is 0 Å². The second kappa shape index (κ2) is 6.84. The maximum atomic E-state index is 13.1. The van der Waals surface area contributed by atoms with Crippen LogP contribution in [0.1, 0.15) is 29.8 Å². The molecule has 0 radical (unpaired) electrons. The first kappa shape index (κ1) is 15.0. The number of benzene rings is 2. The monoisotopic (exact) mass is 284 g/mol. The van der Waals surface area contributed by atoms with Crippen LogP contribution in [0.3, 0.4) is 0 Å². The Bertz CT molecular complexity index is 660. The summed E-state index contributed by atoms with van der Waals surface area (Å²) in [4.78, 5) is 12.0.